The van der Waals surface area contributed by atoms with Gasteiger partial charge in [-0.25, -0.2) is 0 Å². The Labute approximate surface area is 180 Å². The highest BCUT2D eigenvalue weighted by atomic mass is 16.2. The number of likely N-dealkylation sites (N-methyl/N-ethyl adjacent to an activating group) is 1. The first-order chi connectivity index (χ1) is 14.6. The van der Waals surface area contributed by atoms with Crippen LogP contribution in [0.5, 0.6) is 0 Å². The van der Waals surface area contributed by atoms with Crippen molar-refractivity contribution in [2.24, 2.45) is 0 Å². The predicted octanol–water partition coefficient (Wildman–Crippen LogP) is 3.29. The second-order valence-electron chi connectivity index (χ2n) is 8.13. The summed E-state index contributed by atoms with van der Waals surface area (Å²) in [6, 6.07) is 18.5. The van der Waals surface area contributed by atoms with E-state index in [4.69, 9.17) is 5.26 Å². The minimum absolute atomic E-state index is 0.176. The van der Waals surface area contributed by atoms with Gasteiger partial charge in [-0.3, -0.25) is 14.6 Å². The smallest absolute Gasteiger partial charge is 0.236 e. The van der Waals surface area contributed by atoms with Crippen molar-refractivity contribution in [2.75, 3.05) is 39.8 Å². The van der Waals surface area contributed by atoms with Gasteiger partial charge < -0.3 is 4.90 Å². The molecule has 0 unspecified atom stereocenters. The number of benzene rings is 2. The van der Waals surface area contributed by atoms with Gasteiger partial charge in [0.05, 0.1) is 18.2 Å². The molecule has 0 spiro atoms. The Balaban J connectivity index is 1.46. The molecule has 158 valence electrons. The summed E-state index contributed by atoms with van der Waals surface area (Å²) in [6.07, 6.45) is 2.10. The molecule has 0 aromatic heterocycles. The maximum atomic E-state index is 12.7. The minimum atomic E-state index is 0.176. The van der Waals surface area contributed by atoms with Gasteiger partial charge in [-0.15, -0.1) is 0 Å². The number of carbonyl (C=O) groups is 1. The van der Waals surface area contributed by atoms with Crippen molar-refractivity contribution in [1.82, 2.24) is 14.7 Å². The molecule has 1 aliphatic heterocycles. The fourth-order valence-corrected chi connectivity index (χ4v) is 3.84. The van der Waals surface area contributed by atoms with Gasteiger partial charge >= 0.3 is 0 Å². The van der Waals surface area contributed by atoms with Gasteiger partial charge in [-0.05, 0) is 54.8 Å². The highest BCUT2D eigenvalue weighted by Crippen LogP contribution is 2.12. The van der Waals surface area contributed by atoms with Gasteiger partial charge in [0.15, 0.2) is 0 Å². The zero-order valence-electron chi connectivity index (χ0n) is 18.2. The molecule has 5 nitrogen and oxygen atoms in total. The molecule has 1 aliphatic rings. The van der Waals surface area contributed by atoms with Crippen LogP contribution in [0, 0.1) is 11.3 Å². The number of nitrogens with zero attached hydrogens (tertiary/aromatic N) is 4. The summed E-state index contributed by atoms with van der Waals surface area (Å²) >= 11 is 0. The summed E-state index contributed by atoms with van der Waals surface area (Å²) in [5.74, 6) is 0.176. The molecule has 0 bridgehead atoms. The first-order valence-corrected chi connectivity index (χ1v) is 10.8. The topological polar surface area (TPSA) is 50.6 Å². The third-order valence-electron chi connectivity index (χ3n) is 5.81. The number of aryl methyl sites for hydroxylation is 1. The zero-order valence-corrected chi connectivity index (χ0v) is 18.2. The number of rotatable bonds is 7. The number of amides is 1. The molecule has 1 amide bonds. The average molecular weight is 405 g/mol. The lowest BCUT2D eigenvalue weighted by Gasteiger charge is -2.24. The summed E-state index contributed by atoms with van der Waals surface area (Å²) in [4.78, 5) is 19.3. The summed E-state index contributed by atoms with van der Waals surface area (Å²) in [5.41, 5.74) is 4.42. The van der Waals surface area contributed by atoms with E-state index in [-0.39, 0.29) is 5.91 Å². The van der Waals surface area contributed by atoms with Gasteiger partial charge in [0, 0.05) is 33.2 Å². The van der Waals surface area contributed by atoms with Crippen LogP contribution in [0.25, 0.3) is 0 Å². The highest BCUT2D eigenvalue weighted by molar-refractivity contribution is 5.78. The van der Waals surface area contributed by atoms with Crippen molar-refractivity contribution >= 4 is 5.91 Å². The van der Waals surface area contributed by atoms with Crippen molar-refractivity contribution in [3.8, 4) is 6.07 Å². The van der Waals surface area contributed by atoms with E-state index in [1.807, 2.05) is 36.2 Å². The van der Waals surface area contributed by atoms with E-state index in [1.165, 1.54) is 16.7 Å². The van der Waals surface area contributed by atoms with E-state index >= 15 is 0 Å². The molecule has 5 heteroatoms. The van der Waals surface area contributed by atoms with Crippen molar-refractivity contribution < 1.29 is 4.79 Å². The summed E-state index contributed by atoms with van der Waals surface area (Å²) in [5, 5.41) is 8.93. The van der Waals surface area contributed by atoms with Crippen LogP contribution < -0.4 is 0 Å². The van der Waals surface area contributed by atoms with Gasteiger partial charge in [-0.1, -0.05) is 43.3 Å². The molecule has 0 N–H and O–H groups in total. The predicted molar refractivity (Wildman–Crippen MR) is 120 cm³/mol. The number of nitriles is 1. The Morgan fingerprint density at radius 1 is 0.933 bits per heavy atom. The van der Waals surface area contributed by atoms with E-state index in [9.17, 15) is 4.79 Å². The highest BCUT2D eigenvalue weighted by Gasteiger charge is 2.19. The molecular weight excluding hydrogens is 372 g/mol. The van der Waals surface area contributed by atoms with Crippen LogP contribution in [0.1, 0.15) is 35.6 Å². The van der Waals surface area contributed by atoms with E-state index in [0.717, 1.165) is 45.6 Å². The second-order valence-corrected chi connectivity index (χ2v) is 8.13. The lowest BCUT2D eigenvalue weighted by atomic mass is 10.1. The van der Waals surface area contributed by atoms with Gasteiger partial charge in [0.2, 0.25) is 5.91 Å². The fraction of sp³-hybridized carbons (Fsp3) is 0.440. The largest absolute Gasteiger partial charge is 0.340 e. The Morgan fingerprint density at radius 2 is 1.53 bits per heavy atom. The Kier molecular flexibility index (Phi) is 8.01. The summed E-state index contributed by atoms with van der Waals surface area (Å²) in [6.45, 7) is 8.02. The molecule has 30 heavy (non-hydrogen) atoms. The lowest BCUT2D eigenvalue weighted by Crippen LogP contribution is -2.39. The van der Waals surface area contributed by atoms with Crippen molar-refractivity contribution in [3.63, 3.8) is 0 Å². The number of carbonyl (C=O) groups excluding carboxylic acids is 1. The van der Waals surface area contributed by atoms with Gasteiger partial charge in [-0.2, -0.15) is 5.26 Å². The summed E-state index contributed by atoms with van der Waals surface area (Å²) in [7, 11) is 1.89. The molecule has 0 saturated carbocycles. The molecule has 3 rings (SSSR count). The minimum Gasteiger partial charge on any atom is -0.340 e. The van der Waals surface area contributed by atoms with Crippen molar-refractivity contribution in [3.05, 3.63) is 70.8 Å². The summed E-state index contributed by atoms with van der Waals surface area (Å²) < 4.78 is 0. The maximum absolute atomic E-state index is 12.7. The standard InChI is InChI=1S/C25H32N4O/c1-3-21-5-9-23(10-6-21)18-27(2)25(30)20-29-14-4-13-28(15-16-29)19-24-11-7-22(17-26)8-12-24/h5-12H,3-4,13-16,18-20H2,1-2H3. The molecule has 2 aromatic rings. The van der Waals surface area contributed by atoms with E-state index in [1.54, 1.807) is 0 Å². The number of hydrogen-bond acceptors (Lipinski definition) is 4. The molecule has 1 heterocycles. The monoisotopic (exact) mass is 404 g/mol. The molecule has 2 aromatic carbocycles. The second kappa shape index (κ2) is 10.9. The van der Waals surface area contributed by atoms with Crippen LogP contribution in [0.2, 0.25) is 0 Å². The zero-order chi connectivity index (χ0) is 21.3. The SMILES string of the molecule is CCc1ccc(CN(C)C(=O)CN2CCCN(Cc3ccc(C#N)cc3)CC2)cc1. The van der Waals surface area contributed by atoms with Crippen LogP contribution in [-0.4, -0.2) is 60.4 Å². The molecule has 0 aliphatic carbocycles. The van der Waals surface area contributed by atoms with Crippen LogP contribution in [0.15, 0.2) is 48.5 Å². The third kappa shape index (κ3) is 6.41. The van der Waals surface area contributed by atoms with Crippen molar-refractivity contribution in [1.29, 1.82) is 5.26 Å². The van der Waals surface area contributed by atoms with E-state index in [2.05, 4.69) is 47.1 Å². The Bertz CT molecular complexity index is 854. The number of hydrogen-bond donors (Lipinski definition) is 0. The molecule has 1 saturated heterocycles. The fourth-order valence-electron chi connectivity index (χ4n) is 3.84. The van der Waals surface area contributed by atoms with Crippen LogP contribution in [-0.2, 0) is 24.3 Å². The van der Waals surface area contributed by atoms with E-state index in [0.29, 0.717) is 18.7 Å². The molecule has 0 atom stereocenters. The lowest BCUT2D eigenvalue weighted by molar-refractivity contribution is -0.131. The first kappa shape index (κ1) is 22.0. The molecule has 0 radical (unpaired) electrons. The first-order valence-electron chi connectivity index (χ1n) is 10.8. The Hall–Kier alpha value is -2.68. The Morgan fingerprint density at radius 3 is 2.20 bits per heavy atom. The molecular formula is C25H32N4O. The van der Waals surface area contributed by atoms with Crippen LogP contribution >= 0.6 is 0 Å². The third-order valence-corrected chi connectivity index (χ3v) is 5.81. The average Bonchev–Trinajstić information content (AvgIpc) is 2.99. The van der Waals surface area contributed by atoms with Gasteiger partial charge in [0.25, 0.3) is 0 Å². The van der Waals surface area contributed by atoms with Gasteiger partial charge in [0.1, 0.15) is 0 Å². The van der Waals surface area contributed by atoms with E-state index < -0.39 is 0 Å². The van der Waals surface area contributed by atoms with Crippen LogP contribution in [0.4, 0.5) is 0 Å². The maximum Gasteiger partial charge on any atom is 0.236 e. The normalized spacial score (nSPS) is 15.4. The van der Waals surface area contributed by atoms with Crippen molar-refractivity contribution in [2.45, 2.75) is 32.9 Å². The quantitative estimate of drug-likeness (QED) is 0.711. The molecule has 1 fully saturated rings. The van der Waals surface area contributed by atoms with Crippen LogP contribution in [0.3, 0.4) is 0 Å².